The normalized spacial score (nSPS) is 11.1. The molecule has 0 aliphatic carbocycles. The maximum absolute atomic E-state index is 5.43. The molecule has 2 N–H and O–H groups in total. The molecule has 0 saturated heterocycles. The van der Waals surface area contributed by atoms with Gasteiger partial charge in [-0.1, -0.05) is 0 Å². The maximum Gasteiger partial charge on any atom is 0.152 e. The summed E-state index contributed by atoms with van der Waals surface area (Å²) in [7, 11) is 4.04. The number of hydrogen-bond acceptors (Lipinski definition) is 5. The Bertz CT molecular complexity index is 243. The number of rotatable bonds is 5. The first-order chi connectivity index (χ1) is 6.24. The second kappa shape index (κ2) is 4.88. The summed E-state index contributed by atoms with van der Waals surface area (Å²) in [5.74, 6) is 0.865. The van der Waals surface area contributed by atoms with E-state index in [1.807, 2.05) is 14.1 Å². The second-order valence-corrected chi connectivity index (χ2v) is 3.16. The quantitative estimate of drug-likeness (QED) is 0.618. The number of nitrogens with two attached hydrogens (primary N) is 1. The van der Waals surface area contributed by atoms with Crippen LogP contribution in [0.3, 0.4) is 0 Å². The number of likely N-dealkylation sites (N-methyl/N-ethyl adjacent to an activating group) is 1. The highest BCUT2D eigenvalue weighted by atomic mass is 15.5. The lowest BCUT2D eigenvalue weighted by atomic mass is 10.4. The lowest BCUT2D eigenvalue weighted by molar-refractivity contribution is 0.366. The van der Waals surface area contributed by atoms with Crippen LogP contribution in [0.5, 0.6) is 0 Å². The highest BCUT2D eigenvalue weighted by molar-refractivity contribution is 4.81. The SMILES string of the molecule is CN(C)CCn1nnnc1CCN. The summed E-state index contributed by atoms with van der Waals surface area (Å²) in [6.07, 6.45) is 0.737. The summed E-state index contributed by atoms with van der Waals surface area (Å²) in [6.45, 7) is 2.33. The van der Waals surface area contributed by atoms with Gasteiger partial charge in [0.2, 0.25) is 0 Å². The summed E-state index contributed by atoms with van der Waals surface area (Å²) >= 11 is 0. The predicted octanol–water partition coefficient (Wildman–Crippen LogP) is -1.26. The standard InChI is InChI=1S/C7H16N6/c1-12(2)5-6-13-7(3-4-8)9-10-11-13/h3-6,8H2,1-2H3. The van der Waals surface area contributed by atoms with Gasteiger partial charge in [0.15, 0.2) is 5.82 Å². The van der Waals surface area contributed by atoms with Gasteiger partial charge in [0, 0.05) is 13.0 Å². The molecule has 0 unspecified atom stereocenters. The molecule has 0 aliphatic rings. The summed E-state index contributed by atoms with van der Waals surface area (Å²) < 4.78 is 1.80. The van der Waals surface area contributed by atoms with E-state index in [4.69, 9.17) is 5.73 Å². The van der Waals surface area contributed by atoms with E-state index in [0.717, 1.165) is 25.3 Å². The zero-order valence-electron chi connectivity index (χ0n) is 8.14. The van der Waals surface area contributed by atoms with Gasteiger partial charge in [0.25, 0.3) is 0 Å². The second-order valence-electron chi connectivity index (χ2n) is 3.16. The molecular weight excluding hydrogens is 168 g/mol. The van der Waals surface area contributed by atoms with Gasteiger partial charge < -0.3 is 10.6 Å². The van der Waals surface area contributed by atoms with Crippen LogP contribution in [-0.4, -0.2) is 52.3 Å². The minimum absolute atomic E-state index is 0.586. The summed E-state index contributed by atoms with van der Waals surface area (Å²) in [6, 6.07) is 0. The van der Waals surface area contributed by atoms with Gasteiger partial charge in [-0.25, -0.2) is 4.68 Å². The van der Waals surface area contributed by atoms with Crippen molar-refractivity contribution >= 4 is 0 Å². The van der Waals surface area contributed by atoms with Gasteiger partial charge in [-0.05, 0) is 31.1 Å². The van der Waals surface area contributed by atoms with Crippen LogP contribution in [0, 0.1) is 0 Å². The van der Waals surface area contributed by atoms with Crippen LogP contribution in [0.25, 0.3) is 0 Å². The average Bonchev–Trinajstić information content (AvgIpc) is 2.49. The van der Waals surface area contributed by atoms with E-state index in [2.05, 4.69) is 20.4 Å². The molecular formula is C7H16N6. The van der Waals surface area contributed by atoms with Gasteiger partial charge >= 0.3 is 0 Å². The predicted molar refractivity (Wildman–Crippen MR) is 49.1 cm³/mol. The lowest BCUT2D eigenvalue weighted by Gasteiger charge is -2.09. The first-order valence-electron chi connectivity index (χ1n) is 4.34. The topological polar surface area (TPSA) is 72.9 Å². The first-order valence-corrected chi connectivity index (χ1v) is 4.34. The number of tetrazole rings is 1. The highest BCUT2D eigenvalue weighted by Crippen LogP contribution is 1.92. The van der Waals surface area contributed by atoms with E-state index in [9.17, 15) is 0 Å². The Hall–Kier alpha value is -1.01. The highest BCUT2D eigenvalue weighted by Gasteiger charge is 2.04. The molecule has 1 aromatic heterocycles. The van der Waals surface area contributed by atoms with Crippen LogP contribution >= 0.6 is 0 Å². The van der Waals surface area contributed by atoms with Gasteiger partial charge in [0.05, 0.1) is 6.54 Å². The zero-order valence-corrected chi connectivity index (χ0v) is 8.14. The Morgan fingerprint density at radius 2 is 2.23 bits per heavy atom. The molecule has 6 nitrogen and oxygen atoms in total. The van der Waals surface area contributed by atoms with E-state index in [1.54, 1.807) is 4.68 Å². The van der Waals surface area contributed by atoms with Gasteiger partial charge in [0.1, 0.15) is 0 Å². The van der Waals surface area contributed by atoms with Crippen molar-refractivity contribution in [2.45, 2.75) is 13.0 Å². The summed E-state index contributed by atoms with van der Waals surface area (Å²) in [5, 5.41) is 11.4. The molecule has 1 aromatic rings. The van der Waals surface area contributed by atoms with E-state index in [0.29, 0.717) is 6.54 Å². The van der Waals surface area contributed by atoms with E-state index >= 15 is 0 Å². The number of nitrogens with zero attached hydrogens (tertiary/aromatic N) is 5. The molecule has 0 radical (unpaired) electrons. The molecule has 13 heavy (non-hydrogen) atoms. The molecule has 0 bridgehead atoms. The number of aromatic nitrogens is 4. The van der Waals surface area contributed by atoms with Crippen LogP contribution in [0.15, 0.2) is 0 Å². The minimum atomic E-state index is 0.586. The molecule has 1 heterocycles. The van der Waals surface area contributed by atoms with Crippen LogP contribution in [0.4, 0.5) is 0 Å². The first kappa shape index (κ1) is 10.1. The smallest absolute Gasteiger partial charge is 0.152 e. The molecule has 74 valence electrons. The molecule has 0 saturated carbocycles. The van der Waals surface area contributed by atoms with Crippen LogP contribution in [0.2, 0.25) is 0 Å². The molecule has 0 atom stereocenters. The van der Waals surface area contributed by atoms with Crippen molar-refractivity contribution in [2.75, 3.05) is 27.2 Å². The van der Waals surface area contributed by atoms with Crippen LogP contribution < -0.4 is 5.73 Å². The lowest BCUT2D eigenvalue weighted by Crippen LogP contribution is -2.21. The van der Waals surface area contributed by atoms with Crippen molar-refractivity contribution in [2.24, 2.45) is 5.73 Å². The third-order valence-electron chi connectivity index (χ3n) is 1.73. The van der Waals surface area contributed by atoms with E-state index in [-0.39, 0.29) is 0 Å². The third-order valence-corrected chi connectivity index (χ3v) is 1.73. The molecule has 0 amide bonds. The molecule has 1 rings (SSSR count). The Morgan fingerprint density at radius 3 is 2.85 bits per heavy atom. The zero-order chi connectivity index (χ0) is 9.68. The van der Waals surface area contributed by atoms with Crippen LogP contribution in [0.1, 0.15) is 5.82 Å². The van der Waals surface area contributed by atoms with Crippen molar-refractivity contribution in [3.05, 3.63) is 5.82 Å². The van der Waals surface area contributed by atoms with Crippen molar-refractivity contribution in [3.8, 4) is 0 Å². The molecule has 0 aliphatic heterocycles. The fourth-order valence-electron chi connectivity index (χ4n) is 1.000. The van der Waals surface area contributed by atoms with E-state index in [1.165, 1.54) is 0 Å². The van der Waals surface area contributed by atoms with Crippen molar-refractivity contribution in [1.82, 2.24) is 25.1 Å². The molecule has 0 fully saturated rings. The summed E-state index contributed by atoms with van der Waals surface area (Å²) in [5.41, 5.74) is 5.43. The molecule has 0 spiro atoms. The Kier molecular flexibility index (Phi) is 3.78. The average molecular weight is 184 g/mol. The van der Waals surface area contributed by atoms with Gasteiger partial charge in [-0.3, -0.25) is 0 Å². The maximum atomic E-state index is 5.43. The van der Waals surface area contributed by atoms with E-state index < -0.39 is 0 Å². The van der Waals surface area contributed by atoms with Crippen molar-refractivity contribution in [1.29, 1.82) is 0 Å². The Balaban J connectivity index is 2.49. The molecule has 0 aromatic carbocycles. The molecule has 6 heteroatoms. The monoisotopic (exact) mass is 184 g/mol. The van der Waals surface area contributed by atoms with Gasteiger partial charge in [-0.2, -0.15) is 0 Å². The third kappa shape index (κ3) is 3.08. The Morgan fingerprint density at radius 1 is 1.46 bits per heavy atom. The summed E-state index contributed by atoms with van der Waals surface area (Å²) in [4.78, 5) is 2.09. The fraction of sp³-hybridized carbons (Fsp3) is 0.857. The van der Waals surface area contributed by atoms with Gasteiger partial charge in [-0.15, -0.1) is 5.10 Å². The van der Waals surface area contributed by atoms with Crippen molar-refractivity contribution in [3.63, 3.8) is 0 Å². The number of hydrogen-bond donors (Lipinski definition) is 1. The largest absolute Gasteiger partial charge is 0.330 e. The van der Waals surface area contributed by atoms with Crippen molar-refractivity contribution < 1.29 is 0 Å². The Labute approximate surface area is 77.7 Å². The fourth-order valence-corrected chi connectivity index (χ4v) is 1.000. The van der Waals surface area contributed by atoms with Crippen LogP contribution in [-0.2, 0) is 13.0 Å². The minimum Gasteiger partial charge on any atom is -0.330 e.